The Balaban J connectivity index is 2.42. The Kier molecular flexibility index (Phi) is 3.91. The van der Waals surface area contributed by atoms with E-state index in [0.29, 0.717) is 19.4 Å². The van der Waals surface area contributed by atoms with Crippen molar-refractivity contribution < 1.29 is 19.4 Å². The Labute approximate surface area is 95.2 Å². The van der Waals surface area contributed by atoms with Gasteiger partial charge in [-0.25, -0.2) is 0 Å². The van der Waals surface area contributed by atoms with Crippen LogP contribution in [0.25, 0.3) is 0 Å². The standard InChI is InChI=1S/C11H19NO4/c1-11(2,3)16-10(15)7-4-5-8(9(13)14)12-6-7/h7-8,12H,4-6H2,1-3H3,(H,13,14). The van der Waals surface area contributed by atoms with Gasteiger partial charge in [-0.05, 0) is 33.6 Å². The van der Waals surface area contributed by atoms with Crippen LogP contribution in [0.5, 0.6) is 0 Å². The van der Waals surface area contributed by atoms with Gasteiger partial charge in [0.15, 0.2) is 0 Å². The zero-order valence-corrected chi connectivity index (χ0v) is 9.95. The fraction of sp³-hybridized carbons (Fsp3) is 0.818. The van der Waals surface area contributed by atoms with Crippen molar-refractivity contribution in [2.24, 2.45) is 5.92 Å². The molecule has 1 aliphatic heterocycles. The van der Waals surface area contributed by atoms with Gasteiger partial charge in [0.25, 0.3) is 0 Å². The molecule has 2 atom stereocenters. The summed E-state index contributed by atoms with van der Waals surface area (Å²) in [7, 11) is 0. The smallest absolute Gasteiger partial charge is 0.320 e. The minimum Gasteiger partial charge on any atom is -0.480 e. The molecule has 2 unspecified atom stereocenters. The highest BCUT2D eigenvalue weighted by molar-refractivity contribution is 5.76. The third kappa shape index (κ3) is 3.81. The summed E-state index contributed by atoms with van der Waals surface area (Å²) in [6, 6.07) is -0.529. The summed E-state index contributed by atoms with van der Waals surface area (Å²) in [6.45, 7) is 5.84. The summed E-state index contributed by atoms with van der Waals surface area (Å²) in [5.41, 5.74) is -0.485. The molecule has 1 saturated heterocycles. The molecule has 5 heteroatoms. The van der Waals surface area contributed by atoms with Crippen molar-refractivity contribution >= 4 is 11.9 Å². The highest BCUT2D eigenvalue weighted by atomic mass is 16.6. The number of carboxylic acids is 1. The van der Waals surface area contributed by atoms with E-state index in [1.807, 2.05) is 20.8 Å². The summed E-state index contributed by atoms with van der Waals surface area (Å²) in [6.07, 6.45) is 1.04. The molecule has 2 N–H and O–H groups in total. The van der Waals surface area contributed by atoms with Gasteiger partial charge in [-0.3, -0.25) is 9.59 Å². The average molecular weight is 229 g/mol. The Bertz CT molecular complexity index is 274. The van der Waals surface area contributed by atoms with Gasteiger partial charge in [-0.1, -0.05) is 0 Å². The fourth-order valence-electron chi connectivity index (χ4n) is 1.65. The van der Waals surface area contributed by atoms with Gasteiger partial charge in [-0.2, -0.15) is 0 Å². The maximum Gasteiger partial charge on any atom is 0.320 e. The SMILES string of the molecule is CC(C)(C)OC(=O)C1CCC(C(=O)O)NC1. The van der Waals surface area contributed by atoms with Gasteiger partial charge >= 0.3 is 11.9 Å². The number of aliphatic carboxylic acids is 1. The Hall–Kier alpha value is -1.10. The third-order valence-corrected chi connectivity index (χ3v) is 2.45. The first-order valence-electron chi connectivity index (χ1n) is 5.48. The molecule has 0 spiro atoms. The molecule has 16 heavy (non-hydrogen) atoms. The molecule has 0 aromatic carbocycles. The molecule has 1 rings (SSSR count). The number of rotatable bonds is 2. The molecule has 1 aliphatic rings. The van der Waals surface area contributed by atoms with Crippen LogP contribution in [0.1, 0.15) is 33.6 Å². The topological polar surface area (TPSA) is 75.6 Å². The molecular weight excluding hydrogens is 210 g/mol. The minimum absolute atomic E-state index is 0.227. The number of carboxylic acid groups (broad SMARTS) is 1. The first-order valence-corrected chi connectivity index (χ1v) is 5.48. The molecule has 0 amide bonds. The molecule has 0 saturated carbocycles. The number of esters is 1. The van der Waals surface area contributed by atoms with Crippen LogP contribution in [0, 0.1) is 5.92 Å². The number of carbonyl (C=O) groups excluding carboxylic acids is 1. The molecule has 0 aliphatic carbocycles. The van der Waals surface area contributed by atoms with Crippen LogP contribution in [-0.4, -0.2) is 35.2 Å². The molecule has 0 aromatic rings. The molecule has 0 bridgehead atoms. The van der Waals surface area contributed by atoms with Crippen molar-refractivity contribution in [1.29, 1.82) is 0 Å². The number of carbonyl (C=O) groups is 2. The van der Waals surface area contributed by atoms with E-state index >= 15 is 0 Å². The van der Waals surface area contributed by atoms with Gasteiger partial charge in [0.1, 0.15) is 11.6 Å². The fourth-order valence-corrected chi connectivity index (χ4v) is 1.65. The van der Waals surface area contributed by atoms with Crippen LogP contribution < -0.4 is 5.32 Å². The Morgan fingerprint density at radius 1 is 1.31 bits per heavy atom. The number of nitrogens with one attached hydrogen (secondary N) is 1. The van der Waals surface area contributed by atoms with Crippen molar-refractivity contribution in [1.82, 2.24) is 5.32 Å². The molecule has 0 radical (unpaired) electrons. The number of hydrogen-bond donors (Lipinski definition) is 2. The maximum atomic E-state index is 11.7. The average Bonchev–Trinajstić information content (AvgIpc) is 2.15. The monoisotopic (exact) mass is 229 g/mol. The van der Waals surface area contributed by atoms with Crippen LogP contribution in [0.2, 0.25) is 0 Å². The van der Waals surface area contributed by atoms with E-state index in [-0.39, 0.29) is 11.9 Å². The van der Waals surface area contributed by atoms with Crippen molar-refractivity contribution in [2.45, 2.75) is 45.3 Å². The lowest BCUT2D eigenvalue weighted by Gasteiger charge is -2.29. The predicted molar refractivity (Wildman–Crippen MR) is 58.0 cm³/mol. The quantitative estimate of drug-likeness (QED) is 0.684. The second kappa shape index (κ2) is 4.82. The van der Waals surface area contributed by atoms with Gasteiger partial charge in [0.2, 0.25) is 0 Å². The lowest BCUT2D eigenvalue weighted by Crippen LogP contribution is -2.47. The van der Waals surface area contributed by atoms with Crippen molar-refractivity contribution in [3.8, 4) is 0 Å². The predicted octanol–water partition coefficient (Wildman–Crippen LogP) is 0.781. The van der Waals surface area contributed by atoms with E-state index in [1.165, 1.54) is 0 Å². The Morgan fingerprint density at radius 3 is 2.31 bits per heavy atom. The van der Waals surface area contributed by atoms with Crippen LogP contribution in [0.15, 0.2) is 0 Å². The van der Waals surface area contributed by atoms with E-state index < -0.39 is 17.6 Å². The lowest BCUT2D eigenvalue weighted by molar-refractivity contribution is -0.161. The first-order chi connectivity index (χ1) is 7.29. The largest absolute Gasteiger partial charge is 0.480 e. The highest BCUT2D eigenvalue weighted by Gasteiger charge is 2.31. The summed E-state index contributed by atoms with van der Waals surface area (Å²) >= 11 is 0. The number of hydrogen-bond acceptors (Lipinski definition) is 4. The summed E-state index contributed by atoms with van der Waals surface area (Å²) in [4.78, 5) is 22.4. The van der Waals surface area contributed by atoms with Crippen molar-refractivity contribution in [3.05, 3.63) is 0 Å². The summed E-state index contributed by atoms with van der Waals surface area (Å²) < 4.78 is 5.25. The van der Waals surface area contributed by atoms with Gasteiger partial charge in [0.05, 0.1) is 5.92 Å². The van der Waals surface area contributed by atoms with Gasteiger partial charge in [0, 0.05) is 6.54 Å². The third-order valence-electron chi connectivity index (χ3n) is 2.45. The van der Waals surface area contributed by atoms with Crippen LogP contribution in [0.3, 0.4) is 0 Å². The normalized spacial score (nSPS) is 26.2. The lowest BCUT2D eigenvalue weighted by atomic mass is 9.94. The van der Waals surface area contributed by atoms with Gasteiger partial charge in [-0.15, -0.1) is 0 Å². The Morgan fingerprint density at radius 2 is 1.94 bits per heavy atom. The second-order valence-corrected chi connectivity index (χ2v) is 5.11. The molecular formula is C11H19NO4. The van der Waals surface area contributed by atoms with Crippen LogP contribution in [0.4, 0.5) is 0 Å². The molecule has 0 aromatic heterocycles. The van der Waals surface area contributed by atoms with Crippen LogP contribution in [-0.2, 0) is 14.3 Å². The molecule has 5 nitrogen and oxygen atoms in total. The zero-order valence-electron chi connectivity index (χ0n) is 9.95. The first kappa shape index (κ1) is 13.0. The van der Waals surface area contributed by atoms with E-state index in [1.54, 1.807) is 0 Å². The van der Waals surface area contributed by atoms with E-state index in [0.717, 1.165) is 0 Å². The molecule has 92 valence electrons. The highest BCUT2D eigenvalue weighted by Crippen LogP contribution is 2.19. The van der Waals surface area contributed by atoms with Crippen molar-refractivity contribution in [3.63, 3.8) is 0 Å². The second-order valence-electron chi connectivity index (χ2n) is 5.11. The number of piperidine rings is 1. The zero-order chi connectivity index (χ0) is 12.3. The summed E-state index contributed by atoms with van der Waals surface area (Å²) in [5.74, 6) is -1.33. The number of ether oxygens (including phenoxy) is 1. The molecule has 1 heterocycles. The van der Waals surface area contributed by atoms with E-state index in [9.17, 15) is 9.59 Å². The van der Waals surface area contributed by atoms with E-state index in [2.05, 4.69) is 5.32 Å². The van der Waals surface area contributed by atoms with Crippen LogP contribution >= 0.6 is 0 Å². The van der Waals surface area contributed by atoms with Crippen molar-refractivity contribution in [2.75, 3.05) is 6.54 Å². The maximum absolute atomic E-state index is 11.7. The van der Waals surface area contributed by atoms with Gasteiger partial charge < -0.3 is 15.2 Å². The summed E-state index contributed by atoms with van der Waals surface area (Å²) in [5, 5.41) is 11.6. The molecule has 1 fully saturated rings. The minimum atomic E-state index is -0.859. The van der Waals surface area contributed by atoms with E-state index in [4.69, 9.17) is 9.84 Å².